The molecular weight excluding hydrogens is 476 g/mol. The summed E-state index contributed by atoms with van der Waals surface area (Å²) in [5, 5.41) is 5.42. The lowest BCUT2D eigenvalue weighted by Gasteiger charge is -2.15. The summed E-state index contributed by atoms with van der Waals surface area (Å²) in [5.74, 6) is 7.22. The molecule has 1 aliphatic heterocycles. The number of carbonyl (C=O) groups is 1. The van der Waals surface area contributed by atoms with Crippen molar-refractivity contribution in [2.75, 3.05) is 33.0 Å². The molecule has 1 saturated heterocycles. The Kier molecular flexibility index (Phi) is 6.01. The molecule has 1 fully saturated rings. The fourth-order valence-electron chi connectivity index (χ4n) is 3.67. The molecule has 4 heterocycles. The molecule has 1 atom stereocenters. The van der Waals surface area contributed by atoms with Crippen molar-refractivity contribution in [1.82, 2.24) is 24.6 Å². The molecule has 4 rings (SSSR count). The van der Waals surface area contributed by atoms with Gasteiger partial charge in [-0.2, -0.15) is 10.1 Å². The van der Waals surface area contributed by atoms with Crippen molar-refractivity contribution in [2.45, 2.75) is 12.5 Å². The van der Waals surface area contributed by atoms with Crippen LogP contribution in [0.3, 0.4) is 0 Å². The van der Waals surface area contributed by atoms with Crippen LogP contribution in [0, 0.1) is 11.8 Å². The Balaban J connectivity index is 1.80. The maximum Gasteiger partial charge on any atom is 0.246 e. The minimum absolute atomic E-state index is 0.0174. The number of fused-ring (bicyclic) bond motifs is 1. The molecule has 0 bridgehead atoms. The Morgan fingerprint density at radius 1 is 1.31 bits per heavy atom. The largest absolute Gasteiger partial charge is 0.481 e. The number of methoxy groups -OCH3 is 2. The molecule has 3 aromatic rings. The molecule has 0 spiro atoms. The molecule has 3 aromatic heterocycles. The van der Waals surface area contributed by atoms with Crippen LogP contribution in [-0.4, -0.2) is 57.9 Å². The maximum absolute atomic E-state index is 12.0. The van der Waals surface area contributed by atoms with Gasteiger partial charge in [-0.15, -0.1) is 0 Å². The van der Waals surface area contributed by atoms with E-state index in [2.05, 4.69) is 44.3 Å². The van der Waals surface area contributed by atoms with Crippen LogP contribution in [0.4, 0.5) is 5.82 Å². The molecule has 0 unspecified atom stereocenters. The number of amides is 1. The number of nitrogen functional groups attached to an aromatic ring is 1. The van der Waals surface area contributed by atoms with Crippen molar-refractivity contribution < 1.29 is 14.3 Å². The summed E-state index contributed by atoms with van der Waals surface area (Å²) in [6.07, 6.45) is 3.74. The van der Waals surface area contributed by atoms with Crippen LogP contribution in [0.15, 0.2) is 35.5 Å². The van der Waals surface area contributed by atoms with E-state index in [0.29, 0.717) is 47.3 Å². The van der Waals surface area contributed by atoms with Crippen molar-refractivity contribution in [1.29, 1.82) is 0 Å². The van der Waals surface area contributed by atoms with E-state index in [9.17, 15) is 4.79 Å². The number of aromatic nitrogens is 4. The number of hydrogen-bond donors (Lipinski definition) is 1. The molecular formula is C22H21BrN6O3. The second-order valence-corrected chi connectivity index (χ2v) is 7.98. The van der Waals surface area contributed by atoms with E-state index in [4.69, 9.17) is 20.3 Å². The lowest BCUT2D eigenvalue weighted by Crippen LogP contribution is -2.27. The predicted molar refractivity (Wildman–Crippen MR) is 123 cm³/mol. The molecule has 164 valence electrons. The average molecular weight is 497 g/mol. The van der Waals surface area contributed by atoms with Crippen LogP contribution < -0.4 is 15.2 Å². The van der Waals surface area contributed by atoms with Crippen LogP contribution >= 0.6 is 15.9 Å². The first-order chi connectivity index (χ1) is 15.4. The highest BCUT2D eigenvalue weighted by atomic mass is 79.9. The smallest absolute Gasteiger partial charge is 0.246 e. The van der Waals surface area contributed by atoms with Gasteiger partial charge in [-0.3, -0.25) is 9.48 Å². The summed E-state index contributed by atoms with van der Waals surface area (Å²) in [7, 11) is 3.06. The Labute approximate surface area is 193 Å². The highest BCUT2D eigenvalue weighted by Gasteiger charge is 2.29. The Bertz CT molecular complexity index is 1250. The standard InChI is InChI=1S/C22H21BrN6O3/c1-4-19(30)28-8-7-14(12-28)29-21-15(23)11-25-22(24)20(21)16(27-29)6-5-13-9-17(31-2)26-18(10-13)32-3/h4,9-11,14H,1,7-8,12H2,2-3H3,(H2,24,25)/t14-/m0/s1. The number of anilines is 1. The third-order valence-corrected chi connectivity index (χ3v) is 5.81. The van der Waals surface area contributed by atoms with E-state index >= 15 is 0 Å². The molecule has 0 aliphatic carbocycles. The highest BCUT2D eigenvalue weighted by molar-refractivity contribution is 9.10. The van der Waals surface area contributed by atoms with Gasteiger partial charge < -0.3 is 20.1 Å². The van der Waals surface area contributed by atoms with Crippen LogP contribution in [0.25, 0.3) is 10.9 Å². The van der Waals surface area contributed by atoms with Gasteiger partial charge in [0.1, 0.15) is 11.5 Å². The van der Waals surface area contributed by atoms with Gasteiger partial charge in [0, 0.05) is 37.0 Å². The topological polar surface area (TPSA) is 108 Å². The van der Waals surface area contributed by atoms with Crippen LogP contribution in [0.2, 0.25) is 0 Å². The number of nitrogens with two attached hydrogens (primary N) is 1. The van der Waals surface area contributed by atoms with Gasteiger partial charge in [-0.1, -0.05) is 12.5 Å². The van der Waals surface area contributed by atoms with Gasteiger partial charge in [-0.05, 0) is 34.3 Å². The molecule has 0 saturated carbocycles. The number of nitrogens with zero attached hydrogens (tertiary/aromatic N) is 5. The molecule has 1 aliphatic rings. The summed E-state index contributed by atoms with van der Waals surface area (Å²) < 4.78 is 13.1. The Hall–Kier alpha value is -3.58. The number of hydrogen-bond acceptors (Lipinski definition) is 7. The first-order valence-electron chi connectivity index (χ1n) is 9.80. The molecule has 2 N–H and O–H groups in total. The van der Waals surface area contributed by atoms with E-state index < -0.39 is 0 Å². The van der Waals surface area contributed by atoms with E-state index in [1.54, 1.807) is 23.2 Å². The third kappa shape index (κ3) is 3.99. The SMILES string of the molecule is C=CC(=O)N1CC[C@H](n2nc(C#Cc3cc(OC)nc(OC)c3)c3c(N)ncc(Br)c32)C1. The van der Waals surface area contributed by atoms with Crippen molar-refractivity contribution in [3.05, 3.63) is 46.7 Å². The zero-order chi connectivity index (χ0) is 22.8. The second kappa shape index (κ2) is 8.88. The van der Waals surface area contributed by atoms with E-state index in [0.717, 1.165) is 16.4 Å². The minimum Gasteiger partial charge on any atom is -0.481 e. The number of likely N-dealkylation sites (tertiary alicyclic amines) is 1. The zero-order valence-electron chi connectivity index (χ0n) is 17.6. The summed E-state index contributed by atoms with van der Waals surface area (Å²) in [4.78, 5) is 22.2. The fourth-order valence-corrected chi connectivity index (χ4v) is 4.16. The van der Waals surface area contributed by atoms with Gasteiger partial charge in [0.2, 0.25) is 17.7 Å². The lowest BCUT2D eigenvalue weighted by atomic mass is 10.2. The second-order valence-electron chi connectivity index (χ2n) is 7.13. The summed E-state index contributed by atoms with van der Waals surface area (Å²) in [6, 6.07) is 3.40. The molecule has 9 nitrogen and oxygen atoms in total. The molecule has 10 heteroatoms. The molecule has 32 heavy (non-hydrogen) atoms. The number of rotatable bonds is 4. The summed E-state index contributed by atoms with van der Waals surface area (Å²) in [5.41, 5.74) is 8.16. The number of pyridine rings is 2. The number of ether oxygens (including phenoxy) is 2. The van der Waals surface area contributed by atoms with Crippen molar-refractivity contribution in [3.63, 3.8) is 0 Å². The van der Waals surface area contributed by atoms with Gasteiger partial charge in [-0.25, -0.2) is 4.98 Å². The fraction of sp³-hybridized carbons (Fsp3) is 0.273. The Morgan fingerprint density at radius 3 is 2.69 bits per heavy atom. The molecule has 1 amide bonds. The predicted octanol–water partition coefficient (Wildman–Crippen LogP) is 2.55. The van der Waals surface area contributed by atoms with Crippen molar-refractivity contribution in [3.8, 4) is 23.6 Å². The van der Waals surface area contributed by atoms with E-state index in [1.807, 2.05) is 4.68 Å². The van der Waals surface area contributed by atoms with Gasteiger partial charge >= 0.3 is 0 Å². The minimum atomic E-state index is -0.0928. The van der Waals surface area contributed by atoms with Crippen molar-refractivity contribution in [2.24, 2.45) is 0 Å². The van der Waals surface area contributed by atoms with Crippen LogP contribution in [0.1, 0.15) is 23.7 Å². The molecule has 0 radical (unpaired) electrons. The maximum atomic E-state index is 12.0. The van der Waals surface area contributed by atoms with Gasteiger partial charge in [0.15, 0.2) is 0 Å². The number of halogens is 1. The van der Waals surface area contributed by atoms with Crippen LogP contribution in [0.5, 0.6) is 11.8 Å². The quantitative estimate of drug-likeness (QED) is 0.436. The molecule has 0 aromatic carbocycles. The van der Waals surface area contributed by atoms with E-state index in [1.165, 1.54) is 20.3 Å². The normalized spacial score (nSPS) is 15.3. The third-order valence-electron chi connectivity index (χ3n) is 5.23. The number of carbonyl (C=O) groups excluding carboxylic acids is 1. The summed E-state index contributed by atoms with van der Waals surface area (Å²) >= 11 is 3.57. The van der Waals surface area contributed by atoms with Crippen LogP contribution in [-0.2, 0) is 4.79 Å². The Morgan fingerprint density at radius 2 is 2.03 bits per heavy atom. The van der Waals surface area contributed by atoms with E-state index in [-0.39, 0.29) is 11.9 Å². The van der Waals surface area contributed by atoms with Gasteiger partial charge in [0.25, 0.3) is 0 Å². The summed E-state index contributed by atoms with van der Waals surface area (Å²) in [6.45, 7) is 4.74. The first-order valence-corrected chi connectivity index (χ1v) is 10.6. The lowest BCUT2D eigenvalue weighted by molar-refractivity contribution is -0.125. The average Bonchev–Trinajstić information content (AvgIpc) is 3.45. The van der Waals surface area contributed by atoms with Gasteiger partial charge in [0.05, 0.1) is 35.6 Å². The van der Waals surface area contributed by atoms with Crippen molar-refractivity contribution >= 4 is 38.6 Å². The zero-order valence-corrected chi connectivity index (χ0v) is 19.2. The highest BCUT2D eigenvalue weighted by Crippen LogP contribution is 2.34. The monoisotopic (exact) mass is 496 g/mol. The first kappa shape index (κ1) is 21.6.